The maximum absolute atomic E-state index is 13.0. The van der Waals surface area contributed by atoms with Gasteiger partial charge < -0.3 is 24.8 Å². The number of carbonyl (C=O) groups excluding carboxylic acids is 2. The van der Waals surface area contributed by atoms with Crippen LogP contribution in [0, 0.1) is 20.2 Å². The highest BCUT2D eigenvalue weighted by atomic mass is 32.1. The van der Waals surface area contributed by atoms with Crippen molar-refractivity contribution in [2.75, 3.05) is 6.54 Å². The van der Waals surface area contributed by atoms with Crippen molar-refractivity contribution in [3.05, 3.63) is 140 Å². The van der Waals surface area contributed by atoms with E-state index in [1.807, 2.05) is 48.5 Å². The molecule has 1 aliphatic heterocycles. The molecule has 248 valence electrons. The van der Waals surface area contributed by atoms with Crippen LogP contribution in [0.3, 0.4) is 0 Å². The average Bonchev–Trinajstić information content (AvgIpc) is 3.50. The number of nitrogens with one attached hydrogen (secondary N) is 1. The number of thiol groups is 1. The number of nitro groups is 2. The maximum Gasteiger partial charge on any atom is 0.410 e. The Hall–Kier alpha value is -5.47. The number of hydrogen-bond acceptors (Lipinski definition) is 10. The second-order valence-electron chi connectivity index (χ2n) is 11.2. The molecule has 0 saturated carbocycles. The highest BCUT2D eigenvalue weighted by Crippen LogP contribution is 2.33. The first-order chi connectivity index (χ1) is 23.1. The van der Waals surface area contributed by atoms with Gasteiger partial charge in [-0.1, -0.05) is 48.5 Å². The van der Waals surface area contributed by atoms with Gasteiger partial charge in [0.2, 0.25) is 0 Å². The van der Waals surface area contributed by atoms with Crippen molar-refractivity contribution in [1.29, 1.82) is 0 Å². The lowest BCUT2D eigenvalue weighted by Gasteiger charge is -2.28. The Balaban J connectivity index is 1.11. The van der Waals surface area contributed by atoms with Crippen LogP contribution in [0.1, 0.15) is 34.8 Å². The predicted molar refractivity (Wildman–Crippen MR) is 178 cm³/mol. The summed E-state index contributed by atoms with van der Waals surface area (Å²) in [6, 6.07) is 25.9. The first-order valence-corrected chi connectivity index (χ1v) is 15.4. The number of hydrogen-bond donors (Lipinski definition) is 3. The smallest absolute Gasteiger partial charge is 0.410 e. The molecule has 2 amide bonds. The molecule has 2 N–H and O–H groups in total. The fourth-order valence-corrected chi connectivity index (χ4v) is 5.68. The Morgan fingerprint density at radius 3 is 1.79 bits per heavy atom. The van der Waals surface area contributed by atoms with Gasteiger partial charge >= 0.3 is 12.2 Å². The third-order valence-electron chi connectivity index (χ3n) is 7.92. The van der Waals surface area contributed by atoms with Crippen molar-refractivity contribution < 1.29 is 34.0 Å². The van der Waals surface area contributed by atoms with E-state index < -0.39 is 34.2 Å². The van der Waals surface area contributed by atoms with Gasteiger partial charge in [-0.2, -0.15) is 12.6 Å². The van der Waals surface area contributed by atoms with E-state index in [0.29, 0.717) is 29.7 Å². The topological polar surface area (TPSA) is 174 Å². The first kappa shape index (κ1) is 33.9. The number of nitrogens with zero attached hydrogens (tertiary/aromatic N) is 3. The lowest BCUT2D eigenvalue weighted by molar-refractivity contribution is -0.385. The first-order valence-electron chi connectivity index (χ1n) is 14.9. The van der Waals surface area contributed by atoms with E-state index in [9.17, 15) is 34.9 Å². The van der Waals surface area contributed by atoms with E-state index in [2.05, 4.69) is 17.9 Å². The van der Waals surface area contributed by atoms with E-state index in [1.54, 1.807) is 0 Å². The summed E-state index contributed by atoms with van der Waals surface area (Å²) in [5.41, 5.74) is 4.45. The summed E-state index contributed by atoms with van der Waals surface area (Å²) in [6.45, 7) is 0.465. The number of rotatable bonds is 11. The van der Waals surface area contributed by atoms with Crippen LogP contribution in [-0.2, 0) is 29.2 Å². The second kappa shape index (κ2) is 15.4. The van der Waals surface area contributed by atoms with Crippen molar-refractivity contribution in [2.45, 2.75) is 43.6 Å². The number of non-ortho nitro benzene ring substituents is 2. The van der Waals surface area contributed by atoms with E-state index in [4.69, 9.17) is 9.47 Å². The molecule has 1 saturated heterocycles. The Bertz CT molecular complexity index is 1750. The fourth-order valence-electron chi connectivity index (χ4n) is 5.29. The number of aliphatic hydroxyl groups is 1. The minimum absolute atomic E-state index is 0.0180. The Morgan fingerprint density at radius 1 is 0.792 bits per heavy atom. The molecule has 14 heteroatoms. The van der Waals surface area contributed by atoms with Crippen molar-refractivity contribution in [2.24, 2.45) is 0 Å². The molecule has 1 unspecified atom stereocenters. The van der Waals surface area contributed by atoms with Crippen molar-refractivity contribution in [1.82, 2.24) is 10.2 Å². The quantitative estimate of drug-likeness (QED) is 0.0933. The zero-order valence-corrected chi connectivity index (χ0v) is 26.4. The molecule has 4 aromatic carbocycles. The molecule has 3 atom stereocenters. The number of aliphatic hydroxyl groups excluding tert-OH is 1. The van der Waals surface area contributed by atoms with E-state index >= 15 is 0 Å². The van der Waals surface area contributed by atoms with Crippen molar-refractivity contribution >= 4 is 36.2 Å². The van der Waals surface area contributed by atoms with Crippen LogP contribution in [-0.4, -0.2) is 49.9 Å². The third kappa shape index (κ3) is 8.66. The summed E-state index contributed by atoms with van der Waals surface area (Å²) in [7, 11) is 0. The Labute approximate surface area is 280 Å². The van der Waals surface area contributed by atoms with Gasteiger partial charge in [0.25, 0.3) is 11.4 Å². The molecule has 48 heavy (non-hydrogen) atoms. The van der Waals surface area contributed by atoms with Gasteiger partial charge in [-0.3, -0.25) is 20.2 Å². The standard InChI is InChI=1S/C34H32N4O9S/c39-32(31-17-30(48)19-36(31)34(41)47-21-24-5-15-29(16-6-24)38(44)45)27-11-9-26(10-12-27)25-7-1-22(2-8-25)18-35-33(40)46-20-23-3-13-28(14-4-23)37(42)43/h1-16,30-32,39,48H,17-21H2,(H,35,40)/t30-,31-,32?/m0/s1. The number of alkyl carbamates (subject to hydrolysis) is 1. The number of nitro benzene ring substituents is 2. The van der Waals surface area contributed by atoms with Crippen LogP contribution in [0.4, 0.5) is 21.0 Å². The lowest BCUT2D eigenvalue weighted by Crippen LogP contribution is -2.39. The van der Waals surface area contributed by atoms with Gasteiger partial charge in [0, 0.05) is 42.6 Å². The highest BCUT2D eigenvalue weighted by Gasteiger charge is 2.39. The Morgan fingerprint density at radius 2 is 1.27 bits per heavy atom. The molecule has 5 rings (SSSR count). The number of carbonyl (C=O) groups is 2. The monoisotopic (exact) mass is 672 g/mol. The minimum atomic E-state index is -0.975. The number of benzene rings is 4. The SMILES string of the molecule is O=C(NCc1ccc(-c2ccc(C(O)[C@@H]3C[C@H](S)CN3C(=O)OCc3ccc([N+](=O)[O-])cc3)cc2)cc1)OCc1ccc([N+](=O)[O-])cc1. The Kier molecular flexibility index (Phi) is 10.9. The van der Waals surface area contributed by atoms with Gasteiger partial charge in [-0.05, 0) is 64.1 Å². The minimum Gasteiger partial charge on any atom is -0.445 e. The van der Waals surface area contributed by atoms with Crippen LogP contribution in [0.15, 0.2) is 97.1 Å². The molecule has 0 bridgehead atoms. The van der Waals surface area contributed by atoms with Crippen LogP contribution in [0.2, 0.25) is 0 Å². The van der Waals surface area contributed by atoms with E-state index in [0.717, 1.165) is 16.7 Å². The highest BCUT2D eigenvalue weighted by molar-refractivity contribution is 7.81. The predicted octanol–water partition coefficient (Wildman–Crippen LogP) is 6.34. The molecule has 13 nitrogen and oxygen atoms in total. The molecule has 0 aromatic heterocycles. The molecule has 1 heterocycles. The second-order valence-corrected chi connectivity index (χ2v) is 11.9. The summed E-state index contributed by atoms with van der Waals surface area (Å²) < 4.78 is 10.6. The zero-order chi connectivity index (χ0) is 34.2. The summed E-state index contributed by atoms with van der Waals surface area (Å²) in [4.78, 5) is 47.2. The molecule has 0 radical (unpaired) electrons. The summed E-state index contributed by atoms with van der Waals surface area (Å²) in [6.07, 6.45) is -1.72. The van der Waals surface area contributed by atoms with Gasteiger partial charge in [0.1, 0.15) is 13.2 Å². The van der Waals surface area contributed by atoms with Gasteiger partial charge in [-0.15, -0.1) is 0 Å². The summed E-state index contributed by atoms with van der Waals surface area (Å²) in [5, 5.41) is 35.4. The molecular formula is C34H32N4O9S. The average molecular weight is 673 g/mol. The van der Waals surface area contributed by atoms with Crippen molar-refractivity contribution in [3.8, 4) is 11.1 Å². The van der Waals surface area contributed by atoms with Gasteiger partial charge in [0.05, 0.1) is 22.0 Å². The number of ether oxygens (including phenoxy) is 2. The molecule has 1 fully saturated rings. The molecule has 4 aromatic rings. The largest absolute Gasteiger partial charge is 0.445 e. The summed E-state index contributed by atoms with van der Waals surface area (Å²) >= 11 is 4.54. The molecule has 0 aliphatic carbocycles. The summed E-state index contributed by atoms with van der Waals surface area (Å²) in [5.74, 6) is 0. The van der Waals surface area contributed by atoms with E-state index in [1.165, 1.54) is 53.4 Å². The maximum atomic E-state index is 13.0. The number of amides is 2. The van der Waals surface area contributed by atoms with Gasteiger partial charge in [0.15, 0.2) is 0 Å². The van der Waals surface area contributed by atoms with Crippen LogP contribution < -0.4 is 5.32 Å². The van der Waals surface area contributed by atoms with Crippen LogP contribution in [0.5, 0.6) is 0 Å². The fraction of sp³-hybridized carbons (Fsp3) is 0.235. The van der Waals surface area contributed by atoms with Crippen LogP contribution in [0.25, 0.3) is 11.1 Å². The molecule has 1 aliphatic rings. The van der Waals surface area contributed by atoms with Crippen LogP contribution >= 0.6 is 12.6 Å². The molecule has 0 spiro atoms. The van der Waals surface area contributed by atoms with Crippen molar-refractivity contribution in [3.63, 3.8) is 0 Å². The van der Waals surface area contributed by atoms with E-state index in [-0.39, 0.29) is 36.4 Å². The third-order valence-corrected chi connectivity index (χ3v) is 8.30. The number of likely N-dealkylation sites (tertiary alicyclic amines) is 1. The zero-order valence-electron chi connectivity index (χ0n) is 25.5. The normalized spacial score (nSPS) is 16.2. The molecular weight excluding hydrogens is 640 g/mol. The van der Waals surface area contributed by atoms with Gasteiger partial charge in [-0.25, -0.2) is 9.59 Å². The lowest BCUT2D eigenvalue weighted by atomic mass is 9.97.